The molecule has 0 saturated carbocycles. The summed E-state index contributed by atoms with van der Waals surface area (Å²) in [6, 6.07) is 17.2. The monoisotopic (exact) mass is 448 g/mol. The van der Waals surface area contributed by atoms with E-state index in [-0.39, 0.29) is 5.91 Å². The number of carbonyl (C=O) groups is 1. The first kappa shape index (κ1) is 19.8. The van der Waals surface area contributed by atoms with Crippen LogP contribution in [0.25, 0.3) is 11.1 Å². The van der Waals surface area contributed by atoms with Gasteiger partial charge in [-0.3, -0.25) is 14.5 Å². The average molecular weight is 449 g/mol. The number of benzene rings is 2. The molecule has 2 aromatic heterocycles. The van der Waals surface area contributed by atoms with Gasteiger partial charge in [0.15, 0.2) is 0 Å². The van der Waals surface area contributed by atoms with Gasteiger partial charge in [0.2, 0.25) is 0 Å². The van der Waals surface area contributed by atoms with E-state index in [0.717, 1.165) is 27.9 Å². The molecule has 0 saturated heterocycles. The number of rotatable bonds is 5. The van der Waals surface area contributed by atoms with Gasteiger partial charge in [0, 0.05) is 36.1 Å². The van der Waals surface area contributed by atoms with Crippen LogP contribution in [0.4, 0.5) is 0 Å². The highest BCUT2D eigenvalue weighted by Crippen LogP contribution is 2.35. The van der Waals surface area contributed by atoms with Crippen LogP contribution in [0.2, 0.25) is 10.0 Å². The van der Waals surface area contributed by atoms with Gasteiger partial charge in [0.25, 0.3) is 5.91 Å². The highest BCUT2D eigenvalue weighted by Gasteiger charge is 2.30. The van der Waals surface area contributed by atoms with Crippen molar-refractivity contribution >= 4 is 29.1 Å². The molecule has 0 N–H and O–H groups in total. The molecule has 0 fully saturated rings. The van der Waals surface area contributed by atoms with Crippen molar-refractivity contribution < 1.29 is 4.79 Å². The molecule has 31 heavy (non-hydrogen) atoms. The summed E-state index contributed by atoms with van der Waals surface area (Å²) in [5, 5.41) is 5.59. The van der Waals surface area contributed by atoms with Crippen molar-refractivity contribution in [3.63, 3.8) is 0 Å². The molecule has 7 heteroatoms. The Morgan fingerprint density at radius 2 is 1.81 bits per heavy atom. The van der Waals surface area contributed by atoms with Crippen molar-refractivity contribution in [2.24, 2.45) is 0 Å². The van der Waals surface area contributed by atoms with Crippen LogP contribution in [0.15, 0.2) is 73.2 Å². The number of fused-ring (bicyclic) bond motifs is 1. The maximum atomic E-state index is 12.9. The molecule has 0 atom stereocenters. The number of carbonyl (C=O) groups excluding carboxylic acids is 1. The number of hydrogen-bond acceptors (Lipinski definition) is 3. The summed E-state index contributed by atoms with van der Waals surface area (Å²) in [6.07, 6.45) is 5.55. The molecular weight excluding hydrogens is 431 g/mol. The lowest BCUT2D eigenvalue weighted by atomic mass is 10.0. The molecule has 1 aliphatic heterocycles. The number of pyridine rings is 1. The number of halogens is 2. The molecule has 154 valence electrons. The largest absolute Gasteiger partial charge is 0.330 e. The maximum Gasteiger partial charge on any atom is 0.256 e. The van der Waals surface area contributed by atoms with E-state index < -0.39 is 0 Å². The third kappa shape index (κ3) is 4.07. The van der Waals surface area contributed by atoms with Crippen LogP contribution in [0.3, 0.4) is 0 Å². The van der Waals surface area contributed by atoms with Gasteiger partial charge in [-0.05, 0) is 53.1 Å². The highest BCUT2D eigenvalue weighted by atomic mass is 35.5. The Kier molecular flexibility index (Phi) is 5.22. The number of aromatic nitrogens is 3. The zero-order valence-electron chi connectivity index (χ0n) is 16.5. The van der Waals surface area contributed by atoms with E-state index in [1.54, 1.807) is 11.1 Å². The summed E-state index contributed by atoms with van der Waals surface area (Å²) in [5.41, 5.74) is 5.37. The fourth-order valence-electron chi connectivity index (χ4n) is 3.82. The Bertz CT molecular complexity index is 1250. The van der Waals surface area contributed by atoms with Crippen molar-refractivity contribution in [3.05, 3.63) is 106 Å². The second-order valence-electron chi connectivity index (χ2n) is 7.53. The van der Waals surface area contributed by atoms with Crippen LogP contribution in [-0.2, 0) is 19.6 Å². The first-order valence-electron chi connectivity index (χ1n) is 9.86. The molecule has 5 rings (SSSR count). The molecule has 0 bridgehead atoms. The van der Waals surface area contributed by atoms with E-state index in [1.165, 1.54) is 0 Å². The van der Waals surface area contributed by atoms with Crippen molar-refractivity contribution in [1.82, 2.24) is 19.7 Å². The van der Waals surface area contributed by atoms with Gasteiger partial charge in [-0.25, -0.2) is 0 Å². The lowest BCUT2D eigenvalue weighted by molar-refractivity contribution is 0.0767. The molecule has 5 nitrogen and oxygen atoms in total. The van der Waals surface area contributed by atoms with E-state index in [9.17, 15) is 4.79 Å². The van der Waals surface area contributed by atoms with E-state index in [2.05, 4.69) is 10.1 Å². The Morgan fingerprint density at radius 1 is 0.968 bits per heavy atom. The van der Waals surface area contributed by atoms with E-state index in [1.807, 2.05) is 71.7 Å². The highest BCUT2D eigenvalue weighted by molar-refractivity contribution is 6.34. The van der Waals surface area contributed by atoms with Crippen molar-refractivity contribution in [2.45, 2.75) is 19.6 Å². The Morgan fingerprint density at radius 3 is 2.58 bits per heavy atom. The Balaban J connectivity index is 1.38. The van der Waals surface area contributed by atoms with Crippen LogP contribution in [-0.4, -0.2) is 25.6 Å². The normalized spacial score (nSPS) is 13.0. The van der Waals surface area contributed by atoms with Crippen LogP contribution < -0.4 is 0 Å². The fourth-order valence-corrected chi connectivity index (χ4v) is 4.27. The summed E-state index contributed by atoms with van der Waals surface area (Å²) < 4.78 is 1.84. The van der Waals surface area contributed by atoms with Crippen molar-refractivity contribution in [1.29, 1.82) is 0 Å². The fraction of sp³-hybridized carbons (Fsp3) is 0.125. The summed E-state index contributed by atoms with van der Waals surface area (Å²) >= 11 is 12.5. The van der Waals surface area contributed by atoms with Crippen molar-refractivity contribution in [2.75, 3.05) is 0 Å². The molecule has 0 aliphatic carbocycles. The van der Waals surface area contributed by atoms with Gasteiger partial charge in [0.05, 0.1) is 29.0 Å². The smallest absolute Gasteiger partial charge is 0.256 e. The number of amides is 1. The number of hydrogen-bond donors (Lipinski definition) is 0. The minimum atomic E-state index is -0.0488. The summed E-state index contributed by atoms with van der Waals surface area (Å²) in [7, 11) is 0. The lowest BCUT2D eigenvalue weighted by Crippen LogP contribution is -2.23. The Hall–Kier alpha value is -3.15. The van der Waals surface area contributed by atoms with E-state index >= 15 is 0 Å². The molecule has 3 heterocycles. The first-order valence-corrected chi connectivity index (χ1v) is 10.6. The summed E-state index contributed by atoms with van der Waals surface area (Å²) in [5.74, 6) is -0.0488. The van der Waals surface area contributed by atoms with Crippen LogP contribution in [0.1, 0.15) is 27.2 Å². The molecule has 4 aromatic rings. The minimum absolute atomic E-state index is 0.0488. The van der Waals surface area contributed by atoms with Crippen molar-refractivity contribution in [3.8, 4) is 11.1 Å². The summed E-state index contributed by atoms with van der Waals surface area (Å²) in [4.78, 5) is 19.1. The third-order valence-corrected chi connectivity index (χ3v) is 5.89. The molecule has 0 unspecified atom stereocenters. The molecule has 0 radical (unpaired) electrons. The quantitative estimate of drug-likeness (QED) is 0.407. The zero-order chi connectivity index (χ0) is 21.4. The summed E-state index contributed by atoms with van der Waals surface area (Å²) in [6.45, 7) is 1.62. The molecule has 2 aromatic carbocycles. The minimum Gasteiger partial charge on any atom is -0.330 e. The van der Waals surface area contributed by atoms with Gasteiger partial charge in [0.1, 0.15) is 0 Å². The second kappa shape index (κ2) is 8.17. The van der Waals surface area contributed by atoms with Gasteiger partial charge in [-0.1, -0.05) is 41.4 Å². The molecule has 0 spiro atoms. The SMILES string of the molecule is O=C1c2c(Cl)cc(-c3cnn(Cc4ccccn4)c3)cc2CN1Cc1ccc(Cl)cc1. The van der Waals surface area contributed by atoms with Gasteiger partial charge in [-0.2, -0.15) is 5.10 Å². The van der Waals surface area contributed by atoms with Gasteiger partial charge < -0.3 is 4.90 Å². The Labute approximate surface area is 189 Å². The number of nitrogens with zero attached hydrogens (tertiary/aromatic N) is 4. The van der Waals surface area contributed by atoms with E-state index in [0.29, 0.717) is 35.2 Å². The topological polar surface area (TPSA) is 51.0 Å². The van der Waals surface area contributed by atoms with Crippen LogP contribution in [0, 0.1) is 0 Å². The predicted molar refractivity (Wildman–Crippen MR) is 121 cm³/mol. The third-order valence-electron chi connectivity index (χ3n) is 5.34. The molecule has 1 amide bonds. The molecule has 1 aliphatic rings. The van der Waals surface area contributed by atoms with Crippen LogP contribution >= 0.6 is 23.2 Å². The predicted octanol–water partition coefficient (Wildman–Crippen LogP) is 5.46. The standard InChI is InChI=1S/C24H18Cl2N4O/c25-20-6-4-16(5-7-20)12-29-13-18-9-17(10-22(26)23(18)24(29)31)19-11-28-30(14-19)15-21-3-1-2-8-27-21/h1-11,14H,12-13,15H2. The first-order chi connectivity index (χ1) is 15.1. The average Bonchev–Trinajstić information content (AvgIpc) is 3.35. The zero-order valence-corrected chi connectivity index (χ0v) is 18.0. The van der Waals surface area contributed by atoms with Gasteiger partial charge >= 0.3 is 0 Å². The maximum absolute atomic E-state index is 12.9. The van der Waals surface area contributed by atoms with E-state index in [4.69, 9.17) is 23.2 Å². The van der Waals surface area contributed by atoms with Crippen LogP contribution in [0.5, 0.6) is 0 Å². The lowest BCUT2D eigenvalue weighted by Gasteiger charge is -2.15. The molecular formula is C24H18Cl2N4O. The van der Waals surface area contributed by atoms with Gasteiger partial charge in [-0.15, -0.1) is 0 Å². The second-order valence-corrected chi connectivity index (χ2v) is 8.37.